The SMILES string of the molecule is CCCCC(CC)C(=O)[O-].CCCCC(CC)C(=O)[O-].CCCCC(CC)C(=O)[O-].CCCCC(CC)C(=O)[O-].[N].[Pt+4]. The second-order valence-electron chi connectivity index (χ2n) is 10.3. The van der Waals surface area contributed by atoms with Crippen LogP contribution in [0.1, 0.15) is 158 Å². The van der Waals surface area contributed by atoms with E-state index in [1.807, 2.05) is 27.7 Å². The van der Waals surface area contributed by atoms with Crippen LogP contribution in [0.25, 0.3) is 0 Å². The van der Waals surface area contributed by atoms with Crippen molar-refractivity contribution < 1.29 is 60.7 Å². The molecule has 0 amide bonds. The smallest absolute Gasteiger partial charge is 0.550 e. The summed E-state index contributed by atoms with van der Waals surface area (Å²) < 4.78 is 0. The minimum atomic E-state index is -0.893. The van der Waals surface area contributed by atoms with Crippen molar-refractivity contribution in [3.63, 3.8) is 0 Å². The zero-order valence-electron chi connectivity index (χ0n) is 27.7. The Balaban J connectivity index is -0.000000101. The van der Waals surface area contributed by atoms with Gasteiger partial charge in [0, 0.05) is 30.0 Å². The summed E-state index contributed by atoms with van der Waals surface area (Å²) in [5.41, 5.74) is 0. The molecule has 0 saturated heterocycles. The molecule has 0 saturated carbocycles. The summed E-state index contributed by atoms with van der Waals surface area (Å²) in [6.07, 6.45) is 14.1. The van der Waals surface area contributed by atoms with E-state index >= 15 is 0 Å². The van der Waals surface area contributed by atoms with E-state index < -0.39 is 23.9 Å². The van der Waals surface area contributed by atoms with Crippen LogP contribution in [0.3, 0.4) is 0 Å². The number of nitrogens with zero attached hydrogens (tertiary/aromatic N) is 1. The van der Waals surface area contributed by atoms with Crippen molar-refractivity contribution in [1.82, 2.24) is 6.15 Å². The maximum absolute atomic E-state index is 10.3. The van der Waals surface area contributed by atoms with Gasteiger partial charge in [0.1, 0.15) is 0 Å². The first kappa shape index (κ1) is 53.1. The third-order valence-corrected chi connectivity index (χ3v) is 6.93. The van der Waals surface area contributed by atoms with Crippen LogP contribution >= 0.6 is 0 Å². The number of hydrogen-bond acceptors (Lipinski definition) is 8. The van der Waals surface area contributed by atoms with Crippen molar-refractivity contribution in [2.24, 2.45) is 23.7 Å². The van der Waals surface area contributed by atoms with Crippen molar-refractivity contribution >= 4 is 23.9 Å². The first-order valence-electron chi connectivity index (χ1n) is 15.7. The molecule has 0 spiro atoms. The fraction of sp³-hybridized carbons (Fsp3) is 0.875. The molecule has 0 bridgehead atoms. The fourth-order valence-electron chi connectivity index (χ4n) is 3.76. The number of unbranched alkanes of at least 4 members (excludes halogenated alkanes) is 4. The second-order valence-corrected chi connectivity index (χ2v) is 10.3. The van der Waals surface area contributed by atoms with E-state index in [-0.39, 0.29) is 50.9 Å². The van der Waals surface area contributed by atoms with Crippen LogP contribution in [-0.2, 0) is 40.2 Å². The molecule has 9 nitrogen and oxygen atoms in total. The monoisotopic (exact) mass is 781 g/mol. The Kier molecular flexibility index (Phi) is 50.0. The van der Waals surface area contributed by atoms with Crippen molar-refractivity contribution in [2.45, 2.75) is 158 Å². The van der Waals surface area contributed by atoms with E-state index in [0.29, 0.717) is 25.7 Å². The maximum Gasteiger partial charge on any atom is 4.00 e. The van der Waals surface area contributed by atoms with Crippen molar-refractivity contribution in [2.75, 3.05) is 0 Å². The van der Waals surface area contributed by atoms with Crippen molar-refractivity contribution in [3.8, 4) is 0 Å². The minimum Gasteiger partial charge on any atom is -0.550 e. The second kappa shape index (κ2) is 39.5. The number of carboxylic acids is 4. The molecular formula is C32H60NO8Pt. The molecule has 3 radical (unpaired) electrons. The number of carbonyl (C=O) groups excluding carboxylic acids is 4. The van der Waals surface area contributed by atoms with Gasteiger partial charge in [-0.3, -0.25) is 0 Å². The van der Waals surface area contributed by atoms with Gasteiger partial charge in [0.2, 0.25) is 0 Å². The third kappa shape index (κ3) is 36.6. The molecule has 10 heteroatoms. The molecule has 42 heavy (non-hydrogen) atoms. The van der Waals surface area contributed by atoms with E-state index in [0.717, 1.165) is 77.0 Å². The maximum atomic E-state index is 10.3. The van der Waals surface area contributed by atoms with Gasteiger partial charge in [-0.15, -0.1) is 0 Å². The molecule has 0 aliphatic rings. The average Bonchev–Trinajstić information content (AvgIpc) is 2.91. The number of hydrogen-bond donors (Lipinski definition) is 0. The van der Waals surface area contributed by atoms with Gasteiger partial charge in [-0.25, -0.2) is 0 Å². The largest absolute Gasteiger partial charge is 4.00 e. The Morgan fingerprint density at radius 1 is 0.405 bits per heavy atom. The Hall–Kier alpha value is -1.47. The first-order valence-corrected chi connectivity index (χ1v) is 15.7. The van der Waals surface area contributed by atoms with Gasteiger partial charge in [-0.05, 0) is 75.0 Å². The quantitative estimate of drug-likeness (QED) is 0.180. The average molecular weight is 782 g/mol. The number of carboxylic acid groups (broad SMARTS) is 4. The van der Waals surface area contributed by atoms with Gasteiger partial charge in [0.25, 0.3) is 0 Å². The molecule has 0 aliphatic heterocycles. The summed E-state index contributed by atoms with van der Waals surface area (Å²) in [6, 6.07) is 0. The summed E-state index contributed by atoms with van der Waals surface area (Å²) in [7, 11) is 0. The van der Waals surface area contributed by atoms with Gasteiger partial charge in [0.05, 0.1) is 0 Å². The molecule has 0 heterocycles. The predicted octanol–water partition coefficient (Wildman–Crippen LogP) is 3.33. The summed E-state index contributed by atoms with van der Waals surface area (Å²) in [4.78, 5) is 41.3. The Bertz CT molecular complexity index is 515. The zero-order chi connectivity index (χ0) is 31.9. The number of carbonyl (C=O) groups is 4. The van der Waals surface area contributed by atoms with Crippen LogP contribution in [0.4, 0.5) is 0 Å². The summed E-state index contributed by atoms with van der Waals surface area (Å²) >= 11 is 0. The third-order valence-electron chi connectivity index (χ3n) is 6.93. The van der Waals surface area contributed by atoms with Gasteiger partial charge in [-0.2, -0.15) is 0 Å². The van der Waals surface area contributed by atoms with Crippen LogP contribution in [0.5, 0.6) is 0 Å². The summed E-state index contributed by atoms with van der Waals surface area (Å²) in [5, 5.41) is 41.3. The standard InChI is InChI=1S/4C8H16O2.N.Pt/c4*1-3-5-6-7(4-2)8(9)10;;/h4*7H,3-6H2,1-2H3,(H,9,10);;/q;;;;;+4/p-4. The molecule has 0 aliphatic carbocycles. The Morgan fingerprint density at radius 3 is 0.619 bits per heavy atom. The molecule has 0 N–H and O–H groups in total. The summed E-state index contributed by atoms with van der Waals surface area (Å²) in [6.45, 7) is 15.8. The van der Waals surface area contributed by atoms with Gasteiger partial charge in [0.15, 0.2) is 0 Å². The normalized spacial score (nSPS) is 12.4. The Morgan fingerprint density at radius 2 is 0.548 bits per heavy atom. The molecule has 4 unspecified atom stereocenters. The predicted molar refractivity (Wildman–Crippen MR) is 155 cm³/mol. The van der Waals surface area contributed by atoms with E-state index in [2.05, 4.69) is 27.7 Å². The van der Waals surface area contributed by atoms with Crippen molar-refractivity contribution in [1.29, 1.82) is 0 Å². The zero-order valence-corrected chi connectivity index (χ0v) is 29.9. The van der Waals surface area contributed by atoms with Gasteiger partial charge in [-0.1, -0.05) is 107 Å². The minimum absolute atomic E-state index is 0. The van der Waals surface area contributed by atoms with E-state index in [9.17, 15) is 39.6 Å². The molecule has 0 aromatic carbocycles. The molecule has 4 atom stereocenters. The summed E-state index contributed by atoms with van der Waals surface area (Å²) in [5.74, 6) is -4.46. The van der Waals surface area contributed by atoms with Gasteiger partial charge >= 0.3 is 21.1 Å². The van der Waals surface area contributed by atoms with E-state index in [1.54, 1.807) is 0 Å². The van der Waals surface area contributed by atoms with Crippen molar-refractivity contribution in [3.05, 3.63) is 0 Å². The molecule has 0 aromatic rings. The molecule has 0 aromatic heterocycles. The topological polar surface area (TPSA) is 191 Å². The van der Waals surface area contributed by atoms with Crippen LogP contribution in [-0.4, -0.2) is 23.9 Å². The van der Waals surface area contributed by atoms with Gasteiger partial charge < -0.3 is 39.6 Å². The number of aliphatic carboxylic acids is 4. The molecule has 0 fully saturated rings. The van der Waals surface area contributed by atoms with E-state index in [1.165, 1.54) is 0 Å². The molecule has 0 rings (SSSR count). The molecule has 251 valence electrons. The van der Waals surface area contributed by atoms with Crippen LogP contribution < -0.4 is 26.6 Å². The van der Waals surface area contributed by atoms with Crippen LogP contribution in [0.15, 0.2) is 0 Å². The van der Waals surface area contributed by atoms with Crippen LogP contribution in [0.2, 0.25) is 0 Å². The number of rotatable bonds is 20. The Labute approximate surface area is 271 Å². The van der Waals surface area contributed by atoms with Crippen LogP contribution in [0, 0.1) is 23.7 Å². The first-order chi connectivity index (χ1) is 18.9. The fourth-order valence-corrected chi connectivity index (χ4v) is 3.76. The van der Waals surface area contributed by atoms with E-state index in [4.69, 9.17) is 0 Å². The molecular weight excluding hydrogens is 721 g/mol.